The van der Waals surface area contributed by atoms with E-state index in [0.717, 1.165) is 23.7 Å². The number of aromatic nitrogens is 1. The summed E-state index contributed by atoms with van der Waals surface area (Å²) in [6.45, 7) is 4.78. The van der Waals surface area contributed by atoms with Gasteiger partial charge < -0.3 is 10.0 Å². The number of hydrogen-bond donors (Lipinski definition) is 1. The predicted molar refractivity (Wildman–Crippen MR) is 85.3 cm³/mol. The number of benzene rings is 1. The van der Waals surface area contributed by atoms with E-state index in [1.807, 2.05) is 30.3 Å². The van der Waals surface area contributed by atoms with Crippen molar-refractivity contribution in [3.05, 3.63) is 35.9 Å². The van der Waals surface area contributed by atoms with Crippen molar-refractivity contribution in [3.8, 4) is 6.07 Å². The summed E-state index contributed by atoms with van der Waals surface area (Å²) < 4.78 is 0. The van der Waals surface area contributed by atoms with E-state index in [-0.39, 0.29) is 12.6 Å². The fourth-order valence-corrected chi connectivity index (χ4v) is 2.71. The Bertz CT molecular complexity index is 644. The Morgan fingerprint density at radius 1 is 1.29 bits per heavy atom. The summed E-state index contributed by atoms with van der Waals surface area (Å²) in [5, 5.41) is 19.8. The third kappa shape index (κ3) is 3.14. The van der Waals surface area contributed by atoms with Gasteiger partial charge in [-0.3, -0.25) is 0 Å². The fourth-order valence-electron chi connectivity index (χ4n) is 2.71. The molecule has 21 heavy (non-hydrogen) atoms. The zero-order valence-corrected chi connectivity index (χ0v) is 12.6. The lowest BCUT2D eigenvalue weighted by Gasteiger charge is -2.31. The van der Waals surface area contributed by atoms with Gasteiger partial charge in [0.05, 0.1) is 17.7 Å². The van der Waals surface area contributed by atoms with E-state index in [1.54, 1.807) is 0 Å². The molecule has 0 fully saturated rings. The number of aliphatic hydroxyl groups is 1. The molecule has 0 unspecified atom stereocenters. The van der Waals surface area contributed by atoms with Crippen molar-refractivity contribution in [3.63, 3.8) is 0 Å². The Kier molecular flexibility index (Phi) is 5.13. The van der Waals surface area contributed by atoms with Crippen LogP contribution in [-0.4, -0.2) is 29.3 Å². The molecule has 4 nitrogen and oxygen atoms in total. The maximum absolute atomic E-state index is 9.44. The molecule has 2 aromatic rings. The van der Waals surface area contributed by atoms with Crippen LogP contribution in [0.2, 0.25) is 0 Å². The van der Waals surface area contributed by atoms with Gasteiger partial charge in [-0.1, -0.05) is 32.0 Å². The van der Waals surface area contributed by atoms with Crippen LogP contribution in [0.15, 0.2) is 30.3 Å². The van der Waals surface area contributed by atoms with Gasteiger partial charge in [0.1, 0.15) is 11.9 Å². The topological polar surface area (TPSA) is 60.1 Å². The zero-order valence-electron chi connectivity index (χ0n) is 12.6. The average molecular weight is 283 g/mol. The highest BCUT2D eigenvalue weighted by atomic mass is 16.3. The molecule has 1 aromatic carbocycles. The summed E-state index contributed by atoms with van der Waals surface area (Å²) in [6.07, 6.45) is 1.91. The summed E-state index contributed by atoms with van der Waals surface area (Å²) in [7, 11) is 0. The molecule has 0 atom stereocenters. The van der Waals surface area contributed by atoms with Gasteiger partial charge in [-0.15, -0.1) is 0 Å². The van der Waals surface area contributed by atoms with Crippen molar-refractivity contribution >= 4 is 16.7 Å². The lowest BCUT2D eigenvalue weighted by Crippen LogP contribution is -2.38. The van der Waals surface area contributed by atoms with Gasteiger partial charge >= 0.3 is 0 Å². The number of aliphatic hydroxyl groups excluding tert-OH is 1. The standard InChI is InChI=1S/C17H21N3O/c1-3-15(4-2)20(9-10-21)17-14(12-18)11-13-7-5-6-8-16(13)19-17/h5-8,11,15,21H,3-4,9-10H2,1-2H3. The van der Waals surface area contributed by atoms with E-state index >= 15 is 0 Å². The van der Waals surface area contributed by atoms with Crippen LogP contribution >= 0.6 is 0 Å². The minimum Gasteiger partial charge on any atom is -0.395 e. The molecule has 0 saturated carbocycles. The number of nitrogens with zero attached hydrogens (tertiary/aromatic N) is 3. The van der Waals surface area contributed by atoms with Crippen LogP contribution in [0.4, 0.5) is 5.82 Å². The number of hydrogen-bond acceptors (Lipinski definition) is 4. The number of anilines is 1. The number of fused-ring (bicyclic) bond motifs is 1. The van der Waals surface area contributed by atoms with E-state index in [2.05, 4.69) is 29.8 Å². The van der Waals surface area contributed by atoms with E-state index in [4.69, 9.17) is 0 Å². The second-order valence-corrected chi connectivity index (χ2v) is 5.05. The van der Waals surface area contributed by atoms with Crippen LogP contribution in [0.5, 0.6) is 0 Å². The molecule has 1 heterocycles. The molecule has 110 valence electrons. The lowest BCUT2D eigenvalue weighted by molar-refractivity contribution is 0.295. The van der Waals surface area contributed by atoms with Crippen molar-refractivity contribution in [2.24, 2.45) is 0 Å². The molecule has 0 spiro atoms. The molecule has 2 rings (SSSR count). The molecule has 1 aromatic heterocycles. The molecule has 4 heteroatoms. The maximum Gasteiger partial charge on any atom is 0.147 e. The number of rotatable bonds is 6. The van der Waals surface area contributed by atoms with Crippen molar-refractivity contribution in [2.75, 3.05) is 18.1 Å². The Morgan fingerprint density at radius 2 is 2.00 bits per heavy atom. The van der Waals surface area contributed by atoms with Gasteiger partial charge in [-0.05, 0) is 25.0 Å². The quantitative estimate of drug-likeness (QED) is 0.885. The minimum atomic E-state index is 0.0515. The monoisotopic (exact) mass is 283 g/mol. The first-order valence-electron chi connectivity index (χ1n) is 7.42. The normalized spacial score (nSPS) is 10.8. The van der Waals surface area contributed by atoms with Crippen LogP contribution in [0.25, 0.3) is 10.9 Å². The van der Waals surface area contributed by atoms with Crippen LogP contribution < -0.4 is 4.90 Å². The second-order valence-electron chi connectivity index (χ2n) is 5.05. The summed E-state index contributed by atoms with van der Waals surface area (Å²) in [5.74, 6) is 0.680. The van der Waals surface area contributed by atoms with Crippen LogP contribution in [-0.2, 0) is 0 Å². The van der Waals surface area contributed by atoms with Crippen molar-refractivity contribution in [1.82, 2.24) is 4.98 Å². The highest BCUT2D eigenvalue weighted by Gasteiger charge is 2.20. The fraction of sp³-hybridized carbons (Fsp3) is 0.412. The van der Waals surface area contributed by atoms with Crippen molar-refractivity contribution in [2.45, 2.75) is 32.7 Å². The van der Waals surface area contributed by atoms with E-state index < -0.39 is 0 Å². The van der Waals surface area contributed by atoms with Gasteiger partial charge in [0.15, 0.2) is 0 Å². The largest absolute Gasteiger partial charge is 0.395 e. The molecule has 0 aliphatic carbocycles. The van der Waals surface area contributed by atoms with E-state index in [1.165, 1.54) is 0 Å². The third-order valence-corrected chi connectivity index (χ3v) is 3.82. The summed E-state index contributed by atoms with van der Waals surface area (Å²) >= 11 is 0. The van der Waals surface area contributed by atoms with Crippen LogP contribution in [0, 0.1) is 11.3 Å². The van der Waals surface area contributed by atoms with Crippen LogP contribution in [0.3, 0.4) is 0 Å². The van der Waals surface area contributed by atoms with Gasteiger partial charge in [-0.2, -0.15) is 5.26 Å². The molecule has 0 radical (unpaired) electrons. The van der Waals surface area contributed by atoms with Gasteiger partial charge in [-0.25, -0.2) is 4.98 Å². The SMILES string of the molecule is CCC(CC)N(CCO)c1nc2ccccc2cc1C#N. The molecule has 0 saturated heterocycles. The van der Waals surface area contributed by atoms with Crippen LogP contribution in [0.1, 0.15) is 32.3 Å². The Hall–Kier alpha value is -2.12. The number of para-hydroxylation sites is 1. The van der Waals surface area contributed by atoms with Crippen molar-refractivity contribution in [1.29, 1.82) is 5.26 Å². The second kappa shape index (κ2) is 7.05. The third-order valence-electron chi connectivity index (χ3n) is 3.82. The van der Waals surface area contributed by atoms with Gasteiger partial charge in [0, 0.05) is 18.0 Å². The molecular weight excluding hydrogens is 262 g/mol. The lowest BCUT2D eigenvalue weighted by atomic mass is 10.1. The summed E-state index contributed by atoms with van der Waals surface area (Å²) in [5.41, 5.74) is 1.44. The minimum absolute atomic E-state index is 0.0515. The maximum atomic E-state index is 9.44. The average Bonchev–Trinajstić information content (AvgIpc) is 2.53. The van der Waals surface area contributed by atoms with E-state index in [9.17, 15) is 10.4 Å². The molecule has 0 bridgehead atoms. The molecule has 0 amide bonds. The highest BCUT2D eigenvalue weighted by Crippen LogP contribution is 2.26. The van der Waals surface area contributed by atoms with Crippen molar-refractivity contribution < 1.29 is 5.11 Å². The van der Waals surface area contributed by atoms with Gasteiger partial charge in [0.25, 0.3) is 0 Å². The number of nitriles is 1. The molecular formula is C17H21N3O. The summed E-state index contributed by atoms with van der Waals surface area (Å²) in [4.78, 5) is 6.73. The number of pyridine rings is 1. The van der Waals surface area contributed by atoms with Gasteiger partial charge in [0.2, 0.25) is 0 Å². The first-order chi connectivity index (χ1) is 10.2. The smallest absolute Gasteiger partial charge is 0.147 e. The Labute approximate surface area is 125 Å². The highest BCUT2D eigenvalue weighted by molar-refractivity contribution is 5.83. The zero-order chi connectivity index (χ0) is 15.2. The molecule has 0 aliphatic heterocycles. The Morgan fingerprint density at radius 3 is 2.62 bits per heavy atom. The Balaban J connectivity index is 2.57. The predicted octanol–water partition coefficient (Wildman–Crippen LogP) is 3.09. The summed E-state index contributed by atoms with van der Waals surface area (Å²) in [6, 6.07) is 12.2. The first-order valence-corrected chi connectivity index (χ1v) is 7.42. The molecule has 0 aliphatic rings. The first kappa shape index (κ1) is 15.3. The van der Waals surface area contributed by atoms with E-state index in [0.29, 0.717) is 17.9 Å². The molecule has 1 N–H and O–H groups in total.